The van der Waals surface area contributed by atoms with Crippen molar-refractivity contribution in [2.75, 3.05) is 38.1 Å². The quantitative estimate of drug-likeness (QED) is 0.581. The highest BCUT2D eigenvalue weighted by Crippen LogP contribution is 2.36. The molecule has 0 radical (unpaired) electrons. The molecule has 0 saturated carbocycles. The topological polar surface area (TPSA) is 81.8 Å². The van der Waals surface area contributed by atoms with Crippen LogP contribution in [0.3, 0.4) is 0 Å². The van der Waals surface area contributed by atoms with Crippen molar-refractivity contribution in [3.05, 3.63) is 29.3 Å². The van der Waals surface area contributed by atoms with Crippen LogP contribution in [0.15, 0.2) is 18.2 Å². The van der Waals surface area contributed by atoms with Gasteiger partial charge in [-0.15, -0.1) is 0 Å². The van der Waals surface area contributed by atoms with Crippen LogP contribution >= 0.6 is 0 Å². The Morgan fingerprint density at radius 3 is 2.61 bits per heavy atom. The van der Waals surface area contributed by atoms with Gasteiger partial charge < -0.3 is 10.2 Å². The summed E-state index contributed by atoms with van der Waals surface area (Å²) in [6.45, 7) is 4.82. The summed E-state index contributed by atoms with van der Waals surface area (Å²) < 4.78 is 0. The van der Waals surface area contributed by atoms with Crippen LogP contribution in [0.1, 0.15) is 41.6 Å². The molecule has 3 heterocycles. The molecule has 3 saturated heterocycles. The van der Waals surface area contributed by atoms with Gasteiger partial charge in [0.15, 0.2) is 0 Å². The third kappa shape index (κ3) is 3.69. The molecule has 150 valence electrons. The van der Waals surface area contributed by atoms with Crippen molar-refractivity contribution in [2.45, 2.75) is 38.3 Å². The van der Waals surface area contributed by atoms with E-state index in [0.717, 1.165) is 43.7 Å². The van der Waals surface area contributed by atoms with E-state index in [1.807, 2.05) is 24.1 Å². The lowest BCUT2D eigenvalue weighted by Crippen LogP contribution is -2.58. The van der Waals surface area contributed by atoms with E-state index in [1.165, 1.54) is 12.8 Å². The van der Waals surface area contributed by atoms with Crippen molar-refractivity contribution in [3.63, 3.8) is 0 Å². The third-order valence-corrected chi connectivity index (χ3v) is 6.60. The molecule has 3 aliphatic rings. The minimum Gasteiger partial charge on any atom is -0.371 e. The Balaban J connectivity index is 1.47. The zero-order chi connectivity index (χ0) is 19.7. The maximum absolute atomic E-state index is 12.1. The monoisotopic (exact) mass is 384 g/mol. The first-order valence-corrected chi connectivity index (χ1v) is 10.1. The van der Waals surface area contributed by atoms with Gasteiger partial charge in [-0.3, -0.25) is 24.6 Å². The highest BCUT2D eigenvalue weighted by atomic mass is 16.2. The highest BCUT2D eigenvalue weighted by Gasteiger charge is 2.39. The van der Waals surface area contributed by atoms with Crippen LogP contribution in [0.5, 0.6) is 0 Å². The van der Waals surface area contributed by atoms with Crippen molar-refractivity contribution in [1.29, 1.82) is 0 Å². The van der Waals surface area contributed by atoms with Crippen LogP contribution in [0.2, 0.25) is 0 Å². The molecule has 0 aromatic heterocycles. The van der Waals surface area contributed by atoms with Crippen molar-refractivity contribution in [2.24, 2.45) is 5.41 Å². The number of hydrogen-bond acceptors (Lipinski definition) is 6. The van der Waals surface area contributed by atoms with Crippen LogP contribution in [-0.4, -0.2) is 62.3 Å². The molecule has 3 fully saturated rings. The summed E-state index contributed by atoms with van der Waals surface area (Å²) >= 11 is 0. The molecule has 1 atom stereocenters. The Morgan fingerprint density at radius 1 is 1.25 bits per heavy atom. The summed E-state index contributed by atoms with van der Waals surface area (Å²) in [6, 6.07) is 5.65. The number of likely N-dealkylation sites (N-methyl/N-ethyl adjacent to an activating group) is 1. The number of piperidine rings is 2. The number of rotatable bonds is 5. The Bertz CT molecular complexity index is 780. The first kappa shape index (κ1) is 19.1. The van der Waals surface area contributed by atoms with Gasteiger partial charge in [0.25, 0.3) is 0 Å². The van der Waals surface area contributed by atoms with Crippen LogP contribution in [-0.2, 0) is 16.1 Å². The van der Waals surface area contributed by atoms with E-state index < -0.39 is 0 Å². The summed E-state index contributed by atoms with van der Waals surface area (Å²) in [4.78, 5) is 39.4. The number of aldehydes is 1. The minimum absolute atomic E-state index is 0.213. The number of benzene rings is 1. The lowest BCUT2D eigenvalue weighted by molar-refractivity contribution is -0.137. The smallest absolute Gasteiger partial charge is 0.243 e. The second-order valence-electron chi connectivity index (χ2n) is 8.47. The number of nitrogens with zero attached hydrogens (tertiary/aromatic N) is 2. The number of anilines is 1. The van der Waals surface area contributed by atoms with E-state index in [9.17, 15) is 14.4 Å². The molecule has 7 nitrogen and oxygen atoms in total. The molecule has 1 aromatic carbocycles. The fourth-order valence-corrected chi connectivity index (χ4v) is 4.59. The Morgan fingerprint density at radius 2 is 2.00 bits per heavy atom. The Hall–Kier alpha value is -2.25. The highest BCUT2D eigenvalue weighted by molar-refractivity contribution is 6.00. The predicted octanol–water partition coefficient (Wildman–Crippen LogP) is 0.926. The van der Waals surface area contributed by atoms with E-state index in [2.05, 4.69) is 21.6 Å². The van der Waals surface area contributed by atoms with E-state index in [-0.39, 0.29) is 17.9 Å². The molecule has 28 heavy (non-hydrogen) atoms. The fraction of sp³-hybridized carbons (Fsp3) is 0.571. The molecule has 0 aliphatic carbocycles. The standard InChI is InChI=1S/C21H28N4O3/c1-24(18-4-5-19(27)23-20(18)28)11-16-10-17(3-2-15(16)12-26)25-8-6-21(7-9-25)13-22-14-21/h2-3,10,12,18,22H,4-9,11,13-14H2,1H3,(H,23,27,28). The van der Waals surface area contributed by atoms with E-state index in [4.69, 9.17) is 0 Å². The molecule has 1 spiro atoms. The van der Waals surface area contributed by atoms with Crippen LogP contribution in [0.4, 0.5) is 5.69 Å². The zero-order valence-electron chi connectivity index (χ0n) is 16.4. The number of hydrogen-bond donors (Lipinski definition) is 2. The maximum Gasteiger partial charge on any atom is 0.243 e. The van der Waals surface area contributed by atoms with Gasteiger partial charge in [-0.2, -0.15) is 0 Å². The summed E-state index contributed by atoms with van der Waals surface area (Å²) in [5.41, 5.74) is 3.21. The summed E-state index contributed by atoms with van der Waals surface area (Å²) in [5.74, 6) is -0.465. The molecule has 1 aromatic rings. The number of carbonyl (C=O) groups is 3. The Labute approximate surface area is 165 Å². The van der Waals surface area contributed by atoms with E-state index in [1.54, 1.807) is 0 Å². The number of nitrogens with one attached hydrogen (secondary N) is 2. The molecular weight excluding hydrogens is 356 g/mol. The number of carbonyl (C=O) groups excluding carboxylic acids is 3. The zero-order valence-corrected chi connectivity index (χ0v) is 16.4. The lowest BCUT2D eigenvalue weighted by atomic mass is 9.73. The van der Waals surface area contributed by atoms with Gasteiger partial charge in [0.2, 0.25) is 11.8 Å². The fourth-order valence-electron chi connectivity index (χ4n) is 4.59. The average Bonchev–Trinajstić information content (AvgIpc) is 2.66. The second kappa shape index (κ2) is 7.64. The molecule has 4 rings (SSSR count). The minimum atomic E-state index is -0.346. The Kier molecular flexibility index (Phi) is 5.21. The van der Waals surface area contributed by atoms with E-state index in [0.29, 0.717) is 30.4 Å². The summed E-state index contributed by atoms with van der Waals surface area (Å²) in [5, 5.41) is 5.80. The normalized spacial score (nSPS) is 24.2. The van der Waals surface area contributed by atoms with Gasteiger partial charge >= 0.3 is 0 Å². The van der Waals surface area contributed by atoms with Gasteiger partial charge in [-0.25, -0.2) is 0 Å². The molecule has 7 heteroatoms. The van der Waals surface area contributed by atoms with Crippen molar-refractivity contribution in [3.8, 4) is 0 Å². The number of amides is 2. The average molecular weight is 384 g/mol. The first-order valence-electron chi connectivity index (χ1n) is 10.1. The molecular formula is C21H28N4O3. The molecule has 0 bridgehead atoms. The first-order chi connectivity index (χ1) is 13.5. The van der Waals surface area contributed by atoms with Gasteiger partial charge in [0.05, 0.1) is 6.04 Å². The summed E-state index contributed by atoms with van der Waals surface area (Å²) in [6.07, 6.45) is 4.13. The van der Waals surface area contributed by atoms with Gasteiger partial charge in [-0.1, -0.05) is 0 Å². The molecule has 2 amide bonds. The summed E-state index contributed by atoms with van der Waals surface area (Å²) in [7, 11) is 1.87. The second-order valence-corrected chi connectivity index (χ2v) is 8.47. The molecule has 1 unspecified atom stereocenters. The predicted molar refractivity (Wildman–Crippen MR) is 106 cm³/mol. The largest absolute Gasteiger partial charge is 0.371 e. The SMILES string of the molecule is CN(Cc1cc(N2CCC3(CC2)CNC3)ccc1C=O)C1CCC(=O)NC1=O. The van der Waals surface area contributed by atoms with Crippen molar-refractivity contribution < 1.29 is 14.4 Å². The van der Waals surface area contributed by atoms with Gasteiger partial charge in [-0.05, 0) is 55.5 Å². The van der Waals surface area contributed by atoms with Crippen LogP contribution < -0.4 is 15.5 Å². The van der Waals surface area contributed by atoms with Crippen molar-refractivity contribution >= 4 is 23.8 Å². The van der Waals surface area contributed by atoms with E-state index >= 15 is 0 Å². The lowest BCUT2D eigenvalue weighted by Gasteiger charge is -2.49. The van der Waals surface area contributed by atoms with Gasteiger partial charge in [0.1, 0.15) is 6.29 Å². The van der Waals surface area contributed by atoms with Gasteiger partial charge in [0, 0.05) is 50.4 Å². The third-order valence-electron chi connectivity index (χ3n) is 6.60. The van der Waals surface area contributed by atoms with Crippen molar-refractivity contribution in [1.82, 2.24) is 15.5 Å². The molecule has 2 N–H and O–H groups in total. The molecule has 3 aliphatic heterocycles. The van der Waals surface area contributed by atoms with Crippen LogP contribution in [0, 0.1) is 5.41 Å². The van der Waals surface area contributed by atoms with Crippen LogP contribution in [0.25, 0.3) is 0 Å². The number of imide groups is 1. The maximum atomic E-state index is 12.1.